The molecule has 0 aliphatic heterocycles. The van der Waals surface area contributed by atoms with Crippen LogP contribution in [0.3, 0.4) is 0 Å². The number of anilines is 1. The molecule has 0 atom stereocenters. The molecule has 0 saturated heterocycles. The van der Waals surface area contributed by atoms with Gasteiger partial charge in [0.25, 0.3) is 10.0 Å². The van der Waals surface area contributed by atoms with E-state index in [2.05, 4.69) is 0 Å². The van der Waals surface area contributed by atoms with Gasteiger partial charge in [0.1, 0.15) is 17.7 Å². The fourth-order valence-corrected chi connectivity index (χ4v) is 3.03. The quantitative estimate of drug-likeness (QED) is 0.939. The number of nitrogens with one attached hydrogen (secondary N) is 1. The first-order valence-electron chi connectivity index (χ1n) is 5.51. The first-order valence-corrected chi connectivity index (χ1v) is 7.38. The molecule has 0 aromatic heterocycles. The van der Waals surface area contributed by atoms with E-state index in [0.29, 0.717) is 0 Å². The lowest BCUT2D eigenvalue weighted by molar-refractivity contribution is 0.521. The number of nitrogens with zero attached hydrogens (tertiary/aromatic N) is 1. The molecule has 21 heavy (non-hydrogen) atoms. The predicted octanol–water partition coefficient (Wildman–Crippen LogP) is 3.29. The highest BCUT2D eigenvalue weighted by atomic mass is 35.5. The summed E-state index contributed by atoms with van der Waals surface area (Å²) in [5.74, 6) is -2.41. The summed E-state index contributed by atoms with van der Waals surface area (Å²) < 4.78 is 53.1. The van der Waals surface area contributed by atoms with E-state index in [1.807, 2.05) is 4.72 Å². The van der Waals surface area contributed by atoms with Gasteiger partial charge in [0.2, 0.25) is 0 Å². The van der Waals surface area contributed by atoms with E-state index in [9.17, 15) is 17.2 Å². The molecule has 0 bridgehead atoms. The van der Waals surface area contributed by atoms with Crippen molar-refractivity contribution in [2.45, 2.75) is 4.90 Å². The van der Waals surface area contributed by atoms with Crippen LogP contribution in [0.15, 0.2) is 41.3 Å². The molecule has 108 valence electrons. The molecule has 2 aromatic carbocycles. The molecule has 0 unspecified atom stereocenters. The average molecular weight is 329 g/mol. The van der Waals surface area contributed by atoms with Crippen LogP contribution >= 0.6 is 11.6 Å². The average Bonchev–Trinajstić information content (AvgIpc) is 2.37. The highest BCUT2D eigenvalue weighted by molar-refractivity contribution is 7.92. The molecule has 0 radical (unpaired) electrons. The lowest BCUT2D eigenvalue weighted by Gasteiger charge is -2.10. The first-order chi connectivity index (χ1) is 9.85. The summed E-state index contributed by atoms with van der Waals surface area (Å²) in [5, 5.41) is 8.74. The third-order valence-electron chi connectivity index (χ3n) is 2.53. The van der Waals surface area contributed by atoms with Gasteiger partial charge in [-0.15, -0.1) is 0 Å². The molecule has 0 saturated carbocycles. The van der Waals surface area contributed by atoms with Gasteiger partial charge < -0.3 is 0 Å². The second-order valence-electron chi connectivity index (χ2n) is 3.96. The van der Waals surface area contributed by atoms with Crippen LogP contribution < -0.4 is 4.72 Å². The monoisotopic (exact) mass is 328 g/mol. The van der Waals surface area contributed by atoms with Gasteiger partial charge in [0.05, 0.1) is 16.3 Å². The van der Waals surface area contributed by atoms with Crippen molar-refractivity contribution in [2.75, 3.05) is 4.72 Å². The summed E-state index contributed by atoms with van der Waals surface area (Å²) in [7, 11) is -4.45. The Bertz CT molecular complexity index is 827. The molecule has 0 fully saturated rings. The summed E-state index contributed by atoms with van der Waals surface area (Å²) in [6.07, 6.45) is 0. The Morgan fingerprint density at radius 1 is 1.14 bits per heavy atom. The van der Waals surface area contributed by atoms with Crippen LogP contribution in [0.2, 0.25) is 5.02 Å². The zero-order valence-electron chi connectivity index (χ0n) is 10.3. The van der Waals surface area contributed by atoms with Crippen molar-refractivity contribution in [1.82, 2.24) is 0 Å². The van der Waals surface area contributed by atoms with E-state index in [4.69, 9.17) is 16.9 Å². The molecule has 0 amide bonds. The Labute approximate surface area is 124 Å². The van der Waals surface area contributed by atoms with Crippen molar-refractivity contribution in [3.05, 3.63) is 58.6 Å². The molecule has 4 nitrogen and oxygen atoms in total. The van der Waals surface area contributed by atoms with E-state index in [-0.39, 0.29) is 16.3 Å². The highest BCUT2D eigenvalue weighted by Gasteiger charge is 2.24. The van der Waals surface area contributed by atoms with Crippen molar-refractivity contribution in [3.8, 4) is 6.07 Å². The molecule has 0 aliphatic rings. The van der Waals surface area contributed by atoms with E-state index < -0.39 is 26.6 Å². The Kier molecular flexibility index (Phi) is 4.11. The van der Waals surface area contributed by atoms with Gasteiger partial charge in [0, 0.05) is 0 Å². The van der Waals surface area contributed by atoms with Gasteiger partial charge in [0.15, 0.2) is 4.90 Å². The number of rotatable bonds is 3. The zero-order valence-corrected chi connectivity index (χ0v) is 11.8. The molecule has 1 N–H and O–H groups in total. The molecular formula is C13H7ClF2N2O2S. The normalized spacial score (nSPS) is 11.0. The minimum absolute atomic E-state index is 0.0124. The van der Waals surface area contributed by atoms with Crippen molar-refractivity contribution in [2.24, 2.45) is 0 Å². The van der Waals surface area contributed by atoms with E-state index >= 15 is 0 Å². The van der Waals surface area contributed by atoms with Crippen LogP contribution in [-0.2, 0) is 10.0 Å². The third kappa shape index (κ3) is 3.12. The number of halogens is 3. The number of hydrogen-bond acceptors (Lipinski definition) is 3. The van der Waals surface area contributed by atoms with Crippen molar-refractivity contribution < 1.29 is 17.2 Å². The minimum Gasteiger partial charge on any atom is -0.279 e. The van der Waals surface area contributed by atoms with Gasteiger partial charge in [-0.05, 0) is 30.3 Å². The molecule has 2 aromatic rings. The van der Waals surface area contributed by atoms with Gasteiger partial charge in [-0.2, -0.15) is 5.26 Å². The Hall–Kier alpha value is -2.17. The predicted molar refractivity (Wildman–Crippen MR) is 73.3 cm³/mol. The third-order valence-corrected chi connectivity index (χ3v) is 4.27. The Balaban J connectivity index is 2.43. The van der Waals surface area contributed by atoms with E-state index in [0.717, 1.165) is 18.2 Å². The van der Waals surface area contributed by atoms with Crippen LogP contribution in [0.1, 0.15) is 5.56 Å². The number of hydrogen-bond donors (Lipinski definition) is 1. The van der Waals surface area contributed by atoms with E-state index in [1.165, 1.54) is 18.2 Å². The van der Waals surface area contributed by atoms with Crippen LogP contribution in [-0.4, -0.2) is 8.42 Å². The van der Waals surface area contributed by atoms with Gasteiger partial charge >= 0.3 is 0 Å². The fraction of sp³-hybridized carbons (Fsp3) is 0. The summed E-state index contributed by atoms with van der Waals surface area (Å²) in [6.45, 7) is 0. The van der Waals surface area contributed by atoms with Crippen molar-refractivity contribution in [1.29, 1.82) is 5.26 Å². The van der Waals surface area contributed by atoms with E-state index in [1.54, 1.807) is 6.07 Å². The minimum atomic E-state index is -4.45. The van der Waals surface area contributed by atoms with Gasteiger partial charge in [-0.3, -0.25) is 4.72 Å². The summed E-state index contributed by atoms with van der Waals surface area (Å²) >= 11 is 5.76. The summed E-state index contributed by atoms with van der Waals surface area (Å²) in [6, 6.07) is 8.27. The number of nitriles is 1. The Morgan fingerprint density at radius 2 is 1.76 bits per heavy atom. The Morgan fingerprint density at radius 3 is 2.29 bits per heavy atom. The molecule has 2 rings (SSSR count). The molecular weight excluding hydrogens is 322 g/mol. The highest BCUT2D eigenvalue weighted by Crippen LogP contribution is 2.25. The first kappa shape index (κ1) is 15.2. The van der Waals surface area contributed by atoms with Crippen LogP contribution in [0.25, 0.3) is 0 Å². The van der Waals surface area contributed by atoms with Crippen molar-refractivity contribution >= 4 is 27.3 Å². The maximum atomic E-state index is 13.5. The van der Waals surface area contributed by atoms with Crippen LogP contribution in [0.5, 0.6) is 0 Å². The molecule has 0 aliphatic carbocycles. The number of sulfonamides is 1. The van der Waals surface area contributed by atoms with Crippen LogP contribution in [0, 0.1) is 23.0 Å². The largest absolute Gasteiger partial charge is 0.279 e. The maximum absolute atomic E-state index is 13.5. The molecule has 8 heteroatoms. The molecule has 0 spiro atoms. The standard InChI is InChI=1S/C13H7ClF2N2O2S/c14-10-6-9(5-4-8(10)7-17)18-21(19,20)13-11(15)2-1-3-12(13)16/h1-6,18H. The van der Waals surface area contributed by atoms with Crippen LogP contribution in [0.4, 0.5) is 14.5 Å². The fourth-order valence-electron chi connectivity index (χ4n) is 1.61. The smallest absolute Gasteiger partial charge is 0.267 e. The second kappa shape index (κ2) is 5.68. The van der Waals surface area contributed by atoms with Gasteiger partial charge in [-0.1, -0.05) is 17.7 Å². The van der Waals surface area contributed by atoms with Gasteiger partial charge in [-0.25, -0.2) is 17.2 Å². The summed E-state index contributed by atoms with van der Waals surface area (Å²) in [5.41, 5.74) is 0.137. The molecule has 0 heterocycles. The SMILES string of the molecule is N#Cc1ccc(NS(=O)(=O)c2c(F)cccc2F)cc1Cl. The number of benzene rings is 2. The topological polar surface area (TPSA) is 70.0 Å². The van der Waals surface area contributed by atoms with Crippen molar-refractivity contribution in [3.63, 3.8) is 0 Å². The second-order valence-corrected chi connectivity index (χ2v) is 5.99. The zero-order chi connectivity index (χ0) is 15.6. The lowest BCUT2D eigenvalue weighted by Crippen LogP contribution is -2.16. The lowest BCUT2D eigenvalue weighted by atomic mass is 10.2. The summed E-state index contributed by atoms with van der Waals surface area (Å²) in [4.78, 5) is -1.08. The maximum Gasteiger partial charge on any atom is 0.267 e.